The smallest absolute Gasteiger partial charge is 0.468 e. The number of ether oxygens (including phenoxy) is 5. The third-order valence-corrected chi connectivity index (χ3v) is 8.60. The number of carbonyl (C=O) groups is 3. The number of rotatable bonds is 14. The fourth-order valence-electron chi connectivity index (χ4n) is 4.89. The highest BCUT2D eigenvalue weighted by Crippen LogP contribution is 2.48. The van der Waals surface area contributed by atoms with Crippen molar-refractivity contribution in [3.05, 3.63) is 22.7 Å². The molecule has 42 heavy (non-hydrogen) atoms. The number of nitrogens with one attached hydrogen (secondary N) is 2. The predicted molar refractivity (Wildman–Crippen MR) is 147 cm³/mol. The van der Waals surface area contributed by atoms with Crippen molar-refractivity contribution >= 4 is 31.6 Å². The van der Waals surface area contributed by atoms with Crippen LogP contribution >= 0.6 is 7.67 Å². The van der Waals surface area contributed by atoms with Crippen LogP contribution in [0.4, 0.5) is 10.6 Å². The molecule has 2 aliphatic heterocycles. The lowest BCUT2D eigenvalue weighted by Gasteiger charge is -2.30. The summed E-state index contributed by atoms with van der Waals surface area (Å²) in [5, 5.41) is 5.44. The number of hydrogen-bond acceptors (Lipinski definition) is 13. The number of carbonyl (C=O) groups excluding carboxylic acids is 3. The van der Waals surface area contributed by atoms with Crippen LogP contribution in [0.1, 0.15) is 53.7 Å². The van der Waals surface area contributed by atoms with Crippen molar-refractivity contribution in [3.8, 4) is 0 Å². The Bertz CT molecular complexity index is 1220. The van der Waals surface area contributed by atoms with E-state index in [0.717, 1.165) is 4.57 Å². The Morgan fingerprint density at radius 3 is 2.12 bits per heavy atom. The van der Waals surface area contributed by atoms with Crippen molar-refractivity contribution in [1.82, 2.24) is 19.7 Å². The van der Waals surface area contributed by atoms with Gasteiger partial charge in [-0.3, -0.25) is 18.7 Å². The maximum Gasteiger partial charge on any atom is 0.509 e. The number of nitrogens with zero attached hydrogens (tertiary/aromatic N) is 2. The molecule has 0 saturated carbocycles. The van der Waals surface area contributed by atoms with E-state index in [4.69, 9.17) is 33.9 Å². The number of nitrogens with two attached hydrogens (primary N) is 1. The van der Waals surface area contributed by atoms with E-state index in [1.54, 1.807) is 0 Å². The molecule has 0 amide bonds. The lowest BCUT2D eigenvalue weighted by atomic mass is 9.96. The zero-order chi connectivity index (χ0) is 31.4. The van der Waals surface area contributed by atoms with Crippen LogP contribution < -0.4 is 21.6 Å². The molecule has 4 N–H and O–H groups in total. The van der Waals surface area contributed by atoms with Gasteiger partial charge in [0.15, 0.2) is 17.9 Å². The van der Waals surface area contributed by atoms with Gasteiger partial charge in [0.1, 0.15) is 24.0 Å². The maximum atomic E-state index is 14.3. The van der Waals surface area contributed by atoms with Crippen molar-refractivity contribution < 1.29 is 47.2 Å². The van der Waals surface area contributed by atoms with Gasteiger partial charge in [-0.25, -0.2) is 19.8 Å². The van der Waals surface area contributed by atoms with Gasteiger partial charge in [-0.1, -0.05) is 27.7 Å². The molecule has 2 fully saturated rings. The largest absolute Gasteiger partial charge is 0.509 e. The van der Waals surface area contributed by atoms with E-state index in [-0.39, 0.29) is 30.5 Å². The minimum Gasteiger partial charge on any atom is -0.468 e. The van der Waals surface area contributed by atoms with Crippen LogP contribution in [0.25, 0.3) is 0 Å². The summed E-state index contributed by atoms with van der Waals surface area (Å²) in [5.74, 6) is -1.42. The Morgan fingerprint density at radius 2 is 1.64 bits per heavy atom. The molecule has 0 spiro atoms. The molecule has 17 heteroatoms. The lowest BCUT2D eigenvalue weighted by Crippen LogP contribution is -2.46. The zero-order valence-electron chi connectivity index (χ0n) is 24.7. The van der Waals surface area contributed by atoms with E-state index in [2.05, 4.69) is 15.2 Å². The fourth-order valence-corrected chi connectivity index (χ4v) is 6.72. The molecule has 3 rings (SSSR count). The normalized spacial score (nSPS) is 26.2. The Balaban J connectivity index is 1.93. The summed E-state index contributed by atoms with van der Waals surface area (Å²) >= 11 is 0. The quantitative estimate of drug-likeness (QED) is 0.153. The van der Waals surface area contributed by atoms with Gasteiger partial charge in [-0.2, -0.15) is 4.98 Å². The Hall–Kier alpha value is -3.04. The summed E-state index contributed by atoms with van der Waals surface area (Å²) in [4.78, 5) is 53.7. The Morgan fingerprint density at radius 1 is 1.10 bits per heavy atom. The topological polar surface area (TPSA) is 209 Å². The lowest BCUT2D eigenvalue weighted by molar-refractivity contribution is -0.143. The number of hydrogen-bond donors (Lipinski definition) is 3. The molecule has 2 saturated heterocycles. The minimum atomic E-state index is -4.27. The van der Waals surface area contributed by atoms with E-state index in [1.807, 2.05) is 27.7 Å². The number of fused-ring (bicyclic) bond motifs is 1. The minimum absolute atomic E-state index is 0.0105. The molecule has 236 valence electrons. The third kappa shape index (κ3) is 7.67. The van der Waals surface area contributed by atoms with Crippen LogP contribution in [0.5, 0.6) is 0 Å². The third-order valence-electron chi connectivity index (χ3n) is 6.79. The molecule has 1 aromatic rings. The van der Waals surface area contributed by atoms with Crippen molar-refractivity contribution in [2.45, 2.75) is 83.6 Å². The molecule has 0 bridgehead atoms. The van der Waals surface area contributed by atoms with E-state index >= 15 is 0 Å². The highest BCUT2D eigenvalue weighted by Gasteiger charge is 2.64. The van der Waals surface area contributed by atoms with Gasteiger partial charge in [0, 0.05) is 6.20 Å². The first-order chi connectivity index (χ1) is 19.6. The average molecular weight is 618 g/mol. The van der Waals surface area contributed by atoms with Gasteiger partial charge >= 0.3 is 31.5 Å². The molecule has 2 aliphatic rings. The molecule has 1 aromatic heterocycles. The van der Waals surface area contributed by atoms with Gasteiger partial charge in [-0.15, -0.1) is 0 Å². The molecule has 0 aromatic carbocycles. The second-order valence-corrected chi connectivity index (χ2v) is 13.0. The fraction of sp³-hybridized carbons (Fsp3) is 0.720. The van der Waals surface area contributed by atoms with Crippen molar-refractivity contribution in [2.75, 3.05) is 26.6 Å². The van der Waals surface area contributed by atoms with Crippen LogP contribution in [-0.2, 0) is 42.4 Å². The van der Waals surface area contributed by atoms with Crippen molar-refractivity contribution in [2.24, 2.45) is 11.8 Å². The average Bonchev–Trinajstić information content (AvgIpc) is 3.34. The first-order valence-electron chi connectivity index (χ1n) is 13.5. The van der Waals surface area contributed by atoms with Gasteiger partial charge in [-0.05, 0) is 37.7 Å². The van der Waals surface area contributed by atoms with Gasteiger partial charge in [0.2, 0.25) is 0 Å². The molecule has 4 unspecified atom stereocenters. The highest BCUT2D eigenvalue weighted by molar-refractivity contribution is 7.54. The van der Waals surface area contributed by atoms with Crippen LogP contribution in [0.15, 0.2) is 17.1 Å². The number of anilines is 1. The number of aromatic nitrogens is 2. The molecular weight excluding hydrogens is 577 g/mol. The molecule has 0 aliphatic carbocycles. The van der Waals surface area contributed by atoms with Gasteiger partial charge in [0.25, 0.3) is 0 Å². The van der Waals surface area contributed by atoms with Crippen LogP contribution in [0.3, 0.4) is 0 Å². The molecule has 6 atom stereocenters. The van der Waals surface area contributed by atoms with E-state index in [9.17, 15) is 23.7 Å². The summed E-state index contributed by atoms with van der Waals surface area (Å²) in [7, 11) is -1.88. The van der Waals surface area contributed by atoms with Gasteiger partial charge in [0.05, 0.1) is 20.8 Å². The molecule has 0 radical (unpaired) electrons. The number of nitrogen functional groups attached to an aromatic ring is 1. The second kappa shape index (κ2) is 13.5. The SMILES string of the molecule is COC(=O)C(CC(C)C)NP(=O)(NC(CC(C)C)C(=O)OC)OC[C@H]1O[C@H](n2ccc(N)nc2=O)C2(C)OC(=O)OC12. The van der Waals surface area contributed by atoms with E-state index < -0.39 is 74.2 Å². The summed E-state index contributed by atoms with van der Waals surface area (Å²) in [6, 6.07) is -0.767. The summed E-state index contributed by atoms with van der Waals surface area (Å²) in [6.07, 6.45) is -2.59. The van der Waals surface area contributed by atoms with Crippen molar-refractivity contribution in [1.29, 1.82) is 0 Å². The molecular formula is C25H40N5O11P. The number of esters is 2. The molecule has 3 heterocycles. The van der Waals surface area contributed by atoms with E-state index in [1.165, 1.54) is 33.4 Å². The van der Waals surface area contributed by atoms with Crippen LogP contribution in [0.2, 0.25) is 0 Å². The summed E-state index contributed by atoms with van der Waals surface area (Å²) in [5.41, 5.74) is 3.36. The summed E-state index contributed by atoms with van der Waals surface area (Å²) < 4.78 is 47.9. The van der Waals surface area contributed by atoms with E-state index in [0.29, 0.717) is 0 Å². The highest BCUT2D eigenvalue weighted by atomic mass is 31.2. The number of methoxy groups -OCH3 is 2. The first-order valence-corrected chi connectivity index (χ1v) is 15.1. The van der Waals surface area contributed by atoms with Crippen molar-refractivity contribution in [3.63, 3.8) is 0 Å². The maximum absolute atomic E-state index is 14.3. The molecule has 16 nitrogen and oxygen atoms in total. The van der Waals surface area contributed by atoms with Crippen LogP contribution in [-0.4, -0.2) is 78.4 Å². The zero-order valence-corrected chi connectivity index (χ0v) is 25.6. The Kier molecular flexibility index (Phi) is 10.8. The predicted octanol–water partition coefficient (Wildman–Crippen LogP) is 1.50. The van der Waals surface area contributed by atoms with Crippen LogP contribution in [0, 0.1) is 11.8 Å². The van der Waals surface area contributed by atoms with Gasteiger partial charge < -0.3 is 33.9 Å². The first kappa shape index (κ1) is 33.5. The Labute approximate surface area is 243 Å². The standard InChI is InChI=1S/C25H40N5O11P/c1-13(2)10-15(20(31)36-6)28-42(35,29-16(11-14(3)4)21(32)37-7)38-12-17-19-25(5,41-24(34)40-19)22(39-17)30-9-8-18(26)27-23(30)33/h8-9,13-17,19,22H,10-12H2,1-7H3,(H2,26,27,33)(H2,28,29,35)/t15?,16?,17-,19?,22+,25?,42?/m1/s1. The monoisotopic (exact) mass is 617 g/mol. The second-order valence-electron chi connectivity index (χ2n) is 11.2. The summed E-state index contributed by atoms with van der Waals surface area (Å²) in [6.45, 7) is 8.49.